The van der Waals surface area contributed by atoms with E-state index in [9.17, 15) is 17.6 Å². The van der Waals surface area contributed by atoms with Gasteiger partial charge in [0, 0.05) is 44.5 Å². The molecule has 1 aromatic carbocycles. The number of pyridine rings is 1. The number of aromatic nitrogens is 3. The lowest BCUT2D eigenvalue weighted by atomic mass is 10.1. The lowest BCUT2D eigenvalue weighted by molar-refractivity contribution is 0.0582. The molecule has 37 heavy (non-hydrogen) atoms. The van der Waals surface area contributed by atoms with Crippen molar-refractivity contribution in [2.75, 3.05) is 24.7 Å². The Balaban J connectivity index is 1.31. The van der Waals surface area contributed by atoms with Gasteiger partial charge in [0.2, 0.25) is 5.88 Å². The number of hydrogen-bond acceptors (Lipinski definition) is 8. The molecule has 9 nitrogen and oxygen atoms in total. The van der Waals surface area contributed by atoms with Gasteiger partial charge < -0.3 is 15.0 Å². The van der Waals surface area contributed by atoms with Crippen molar-refractivity contribution in [1.82, 2.24) is 19.9 Å². The van der Waals surface area contributed by atoms with Crippen LogP contribution in [0.2, 0.25) is 0 Å². The Morgan fingerprint density at radius 3 is 2.57 bits per heavy atom. The molecular weight excluding hydrogens is 497 g/mol. The molecule has 2 aromatic heterocycles. The Kier molecular flexibility index (Phi) is 8.32. The number of carbonyl (C=O) groups is 1. The summed E-state index contributed by atoms with van der Waals surface area (Å²) in [6, 6.07) is 8.94. The molecule has 1 N–H and O–H groups in total. The molecule has 3 aromatic rings. The number of nitrogens with zero attached hydrogens (tertiary/aromatic N) is 4. The van der Waals surface area contributed by atoms with Gasteiger partial charge in [-0.2, -0.15) is 0 Å². The van der Waals surface area contributed by atoms with Crippen molar-refractivity contribution in [2.45, 2.75) is 50.0 Å². The van der Waals surface area contributed by atoms with Gasteiger partial charge in [-0.25, -0.2) is 22.8 Å². The van der Waals surface area contributed by atoms with Gasteiger partial charge >= 0.3 is 0 Å². The molecule has 1 aliphatic rings. The molecule has 0 unspecified atom stereocenters. The van der Waals surface area contributed by atoms with Crippen LogP contribution < -0.4 is 10.1 Å². The van der Waals surface area contributed by atoms with Crippen LogP contribution in [0.1, 0.15) is 48.7 Å². The first-order chi connectivity index (χ1) is 17.7. The molecule has 1 amide bonds. The fourth-order valence-corrected chi connectivity index (χ4v) is 4.66. The van der Waals surface area contributed by atoms with Crippen LogP contribution in [0.5, 0.6) is 5.88 Å². The number of likely N-dealkylation sites (tertiary alicyclic amines) is 1. The average molecular weight is 528 g/mol. The molecule has 0 radical (unpaired) electrons. The zero-order valence-corrected chi connectivity index (χ0v) is 21.7. The molecule has 1 fully saturated rings. The Bertz CT molecular complexity index is 1340. The van der Waals surface area contributed by atoms with Crippen LogP contribution in [0, 0.1) is 5.82 Å². The summed E-state index contributed by atoms with van der Waals surface area (Å²) in [5.41, 5.74) is 1.66. The second-order valence-corrected chi connectivity index (χ2v) is 11.1. The third kappa shape index (κ3) is 7.00. The number of rotatable bonds is 9. The van der Waals surface area contributed by atoms with Gasteiger partial charge in [-0.15, -0.1) is 0 Å². The van der Waals surface area contributed by atoms with Crippen molar-refractivity contribution in [3.8, 4) is 5.88 Å². The molecule has 4 rings (SSSR count). The van der Waals surface area contributed by atoms with E-state index in [0.29, 0.717) is 43.3 Å². The number of carbonyl (C=O) groups excluding carboxylic acids is 1. The number of halogens is 1. The van der Waals surface area contributed by atoms with Gasteiger partial charge in [-0.3, -0.25) is 9.78 Å². The first kappa shape index (κ1) is 26.5. The van der Waals surface area contributed by atoms with Crippen molar-refractivity contribution in [1.29, 1.82) is 0 Å². The summed E-state index contributed by atoms with van der Waals surface area (Å²) >= 11 is 0. The van der Waals surface area contributed by atoms with Crippen molar-refractivity contribution < 1.29 is 22.3 Å². The topological polar surface area (TPSA) is 114 Å². The van der Waals surface area contributed by atoms with E-state index in [2.05, 4.69) is 27.2 Å². The average Bonchev–Trinajstić information content (AvgIpc) is 2.88. The first-order valence-electron chi connectivity index (χ1n) is 12.2. The summed E-state index contributed by atoms with van der Waals surface area (Å²) in [4.78, 5) is 27.1. The van der Waals surface area contributed by atoms with Gasteiger partial charge in [0.25, 0.3) is 5.91 Å². The molecule has 0 spiro atoms. The second-order valence-electron chi connectivity index (χ2n) is 9.04. The molecule has 3 heterocycles. The van der Waals surface area contributed by atoms with E-state index < -0.39 is 15.7 Å². The Morgan fingerprint density at radius 1 is 1.14 bits per heavy atom. The lowest BCUT2D eigenvalue weighted by Gasteiger charge is -2.31. The van der Waals surface area contributed by atoms with Gasteiger partial charge in [-0.1, -0.05) is 19.4 Å². The van der Waals surface area contributed by atoms with Crippen LogP contribution in [-0.4, -0.2) is 59.6 Å². The maximum atomic E-state index is 14.4. The number of sulfone groups is 1. The highest BCUT2D eigenvalue weighted by molar-refractivity contribution is 7.90. The fourth-order valence-electron chi connectivity index (χ4n) is 4.03. The number of benzene rings is 1. The normalized spacial score (nSPS) is 14.4. The maximum Gasteiger partial charge on any atom is 0.272 e. The van der Waals surface area contributed by atoms with E-state index in [-0.39, 0.29) is 22.6 Å². The second kappa shape index (κ2) is 11.6. The number of ether oxygens (including phenoxy) is 1. The minimum atomic E-state index is -3.51. The van der Waals surface area contributed by atoms with Crippen molar-refractivity contribution >= 4 is 27.2 Å². The zero-order chi connectivity index (χ0) is 26.4. The largest absolute Gasteiger partial charge is 0.474 e. The van der Waals surface area contributed by atoms with Crippen LogP contribution in [-0.2, 0) is 16.3 Å². The predicted octanol–water partition coefficient (Wildman–Crippen LogP) is 4.18. The van der Waals surface area contributed by atoms with E-state index in [1.807, 2.05) is 6.07 Å². The highest BCUT2D eigenvalue weighted by Gasteiger charge is 2.26. The van der Waals surface area contributed by atoms with Crippen molar-refractivity contribution in [3.05, 3.63) is 66.0 Å². The summed E-state index contributed by atoms with van der Waals surface area (Å²) < 4.78 is 43.6. The number of nitrogens with one attached hydrogen (secondary N) is 1. The smallest absolute Gasteiger partial charge is 0.272 e. The van der Waals surface area contributed by atoms with Crippen LogP contribution in [0.25, 0.3) is 0 Å². The van der Waals surface area contributed by atoms with Crippen LogP contribution in [0.4, 0.5) is 15.9 Å². The number of anilines is 2. The van der Waals surface area contributed by atoms with Crippen LogP contribution >= 0.6 is 0 Å². The number of hydrogen-bond donors (Lipinski definition) is 1. The SMILES string of the molecule is CCCCc1ccc(C(=O)N2CCC(Oc3cc(Nc4ccc(S(C)(=O)=O)cc4F)ncn3)CC2)nc1. The molecule has 1 aliphatic heterocycles. The van der Waals surface area contributed by atoms with Gasteiger partial charge in [-0.05, 0) is 42.7 Å². The summed E-state index contributed by atoms with van der Waals surface area (Å²) in [6.07, 6.45) is 8.41. The van der Waals surface area contributed by atoms with E-state index in [1.165, 1.54) is 18.5 Å². The van der Waals surface area contributed by atoms with Crippen molar-refractivity contribution in [2.24, 2.45) is 0 Å². The molecule has 196 valence electrons. The van der Waals surface area contributed by atoms with E-state index in [1.54, 1.807) is 23.2 Å². The third-order valence-corrected chi connectivity index (χ3v) is 7.26. The van der Waals surface area contributed by atoms with E-state index in [0.717, 1.165) is 37.1 Å². The minimum Gasteiger partial charge on any atom is -0.474 e. The Labute approximate surface area is 216 Å². The molecule has 11 heteroatoms. The quantitative estimate of drug-likeness (QED) is 0.441. The highest BCUT2D eigenvalue weighted by Crippen LogP contribution is 2.24. The summed E-state index contributed by atoms with van der Waals surface area (Å²) in [5, 5.41) is 2.82. The van der Waals surface area contributed by atoms with Crippen molar-refractivity contribution in [3.63, 3.8) is 0 Å². The number of unbranched alkanes of at least 4 members (excludes halogenated alkanes) is 1. The summed E-state index contributed by atoms with van der Waals surface area (Å²) in [5.74, 6) is -0.180. The Hall–Kier alpha value is -3.60. The van der Waals surface area contributed by atoms with Gasteiger partial charge in [0.15, 0.2) is 9.84 Å². The third-order valence-electron chi connectivity index (χ3n) is 6.15. The molecule has 0 aliphatic carbocycles. The zero-order valence-electron chi connectivity index (χ0n) is 20.9. The number of piperidine rings is 1. The fraction of sp³-hybridized carbons (Fsp3) is 0.385. The van der Waals surface area contributed by atoms with E-state index in [4.69, 9.17) is 4.74 Å². The monoisotopic (exact) mass is 527 g/mol. The number of aryl methyl sites for hydroxylation is 1. The predicted molar refractivity (Wildman–Crippen MR) is 137 cm³/mol. The van der Waals surface area contributed by atoms with E-state index >= 15 is 0 Å². The van der Waals surface area contributed by atoms with Crippen LogP contribution in [0.3, 0.4) is 0 Å². The molecule has 1 saturated heterocycles. The van der Waals surface area contributed by atoms with Gasteiger partial charge in [0.05, 0.1) is 10.6 Å². The Morgan fingerprint density at radius 2 is 1.92 bits per heavy atom. The lowest BCUT2D eigenvalue weighted by Crippen LogP contribution is -2.42. The summed E-state index contributed by atoms with van der Waals surface area (Å²) in [7, 11) is -3.51. The summed E-state index contributed by atoms with van der Waals surface area (Å²) in [6.45, 7) is 3.22. The highest BCUT2D eigenvalue weighted by atomic mass is 32.2. The molecule has 0 atom stereocenters. The standard InChI is InChI=1S/C26H30FN5O4S/c1-3-4-5-18-6-8-23(28-16-18)26(33)32-12-10-19(11-13-32)36-25-15-24(29-17-30-25)31-22-9-7-20(14-21(22)27)37(2,34)35/h6-9,14-17,19H,3-5,10-13H2,1-2H3,(H,29,30,31). The van der Waals surface area contributed by atoms with Crippen LogP contribution in [0.15, 0.2) is 53.8 Å². The molecule has 0 saturated carbocycles. The number of amides is 1. The maximum absolute atomic E-state index is 14.4. The molecular formula is C26H30FN5O4S. The minimum absolute atomic E-state index is 0.0795. The van der Waals surface area contributed by atoms with Gasteiger partial charge in [0.1, 0.15) is 29.8 Å². The first-order valence-corrected chi connectivity index (χ1v) is 14.1. The molecule has 0 bridgehead atoms.